The van der Waals surface area contributed by atoms with E-state index in [0.717, 1.165) is 17.7 Å². The molecule has 88 valence electrons. The molecule has 0 spiro atoms. The van der Waals surface area contributed by atoms with E-state index in [4.69, 9.17) is 23.2 Å². The van der Waals surface area contributed by atoms with E-state index in [0.29, 0.717) is 10.0 Å². The molecule has 0 fully saturated rings. The monoisotopic (exact) mass is 265 g/mol. The van der Waals surface area contributed by atoms with Gasteiger partial charge >= 0.3 is 0 Å². The minimum Gasteiger partial charge on any atom is -0.388 e. The van der Waals surface area contributed by atoms with E-state index >= 15 is 0 Å². The highest BCUT2D eigenvalue weighted by molar-refractivity contribution is 6.42. The summed E-state index contributed by atoms with van der Waals surface area (Å²) in [5.41, 5.74) is 3.53. The lowest BCUT2D eigenvalue weighted by molar-refractivity contribution is 1.19. The van der Waals surface area contributed by atoms with Gasteiger partial charge in [-0.05, 0) is 41.8 Å². The van der Waals surface area contributed by atoms with Gasteiger partial charge < -0.3 is 5.32 Å². The highest BCUT2D eigenvalue weighted by Gasteiger charge is 2.01. The van der Waals surface area contributed by atoms with Crippen molar-refractivity contribution < 1.29 is 0 Å². The second kappa shape index (κ2) is 5.44. The molecular weight excluding hydrogens is 253 g/mol. The van der Waals surface area contributed by atoms with Crippen LogP contribution in [-0.4, -0.2) is 7.05 Å². The van der Waals surface area contributed by atoms with E-state index in [-0.39, 0.29) is 0 Å². The second-order valence-electron chi connectivity index (χ2n) is 3.87. The Morgan fingerprint density at radius 1 is 0.882 bits per heavy atom. The van der Waals surface area contributed by atoms with Crippen molar-refractivity contribution in [1.82, 2.24) is 0 Å². The van der Waals surface area contributed by atoms with Crippen LogP contribution in [0.2, 0.25) is 10.0 Å². The molecule has 2 aromatic carbocycles. The Bertz CT molecular complexity index is 506. The van der Waals surface area contributed by atoms with E-state index in [9.17, 15) is 0 Å². The third-order valence-electron chi connectivity index (χ3n) is 2.63. The first kappa shape index (κ1) is 12.3. The summed E-state index contributed by atoms with van der Waals surface area (Å²) in [5.74, 6) is 0. The van der Waals surface area contributed by atoms with Crippen LogP contribution in [0, 0.1) is 0 Å². The van der Waals surface area contributed by atoms with Crippen molar-refractivity contribution in [3.8, 4) is 0 Å². The summed E-state index contributed by atoms with van der Waals surface area (Å²) < 4.78 is 0. The summed E-state index contributed by atoms with van der Waals surface area (Å²) in [6, 6.07) is 14.1. The number of hydrogen-bond acceptors (Lipinski definition) is 1. The Balaban J connectivity index is 2.16. The molecule has 0 saturated carbocycles. The Morgan fingerprint density at radius 2 is 1.53 bits per heavy atom. The third kappa shape index (κ3) is 3.15. The molecule has 0 atom stereocenters. The van der Waals surface area contributed by atoms with Gasteiger partial charge in [0.05, 0.1) is 10.0 Å². The fraction of sp³-hybridized carbons (Fsp3) is 0.143. The first-order valence-corrected chi connectivity index (χ1v) is 6.15. The molecular formula is C14H13Cl2N. The van der Waals surface area contributed by atoms with Gasteiger partial charge in [-0.3, -0.25) is 0 Å². The predicted octanol–water partition coefficient (Wildman–Crippen LogP) is 4.63. The predicted molar refractivity (Wildman–Crippen MR) is 75.3 cm³/mol. The van der Waals surface area contributed by atoms with Crippen LogP contribution in [0.5, 0.6) is 0 Å². The molecule has 0 amide bonds. The van der Waals surface area contributed by atoms with Gasteiger partial charge in [-0.2, -0.15) is 0 Å². The smallest absolute Gasteiger partial charge is 0.0595 e. The summed E-state index contributed by atoms with van der Waals surface area (Å²) in [6.07, 6.45) is 0.862. The van der Waals surface area contributed by atoms with E-state index < -0.39 is 0 Å². The largest absolute Gasteiger partial charge is 0.388 e. The molecule has 0 bridgehead atoms. The number of benzene rings is 2. The van der Waals surface area contributed by atoms with Crippen LogP contribution >= 0.6 is 23.2 Å². The average Bonchev–Trinajstić information content (AvgIpc) is 2.35. The maximum Gasteiger partial charge on any atom is 0.0595 e. The van der Waals surface area contributed by atoms with Crippen molar-refractivity contribution >= 4 is 28.9 Å². The minimum atomic E-state index is 0.598. The van der Waals surface area contributed by atoms with E-state index in [1.165, 1.54) is 5.56 Å². The van der Waals surface area contributed by atoms with Gasteiger partial charge in [-0.25, -0.2) is 0 Å². The van der Waals surface area contributed by atoms with E-state index in [1.54, 1.807) is 0 Å². The quantitative estimate of drug-likeness (QED) is 0.854. The number of rotatable bonds is 3. The number of anilines is 1. The van der Waals surface area contributed by atoms with E-state index in [2.05, 4.69) is 29.6 Å². The SMILES string of the molecule is CNc1ccc(Cc2ccc(Cl)c(Cl)c2)cc1. The normalized spacial score (nSPS) is 10.3. The van der Waals surface area contributed by atoms with Gasteiger partial charge in [0.1, 0.15) is 0 Å². The molecule has 0 unspecified atom stereocenters. The Labute approximate surface area is 111 Å². The zero-order chi connectivity index (χ0) is 12.3. The van der Waals surface area contributed by atoms with Crippen LogP contribution in [0.4, 0.5) is 5.69 Å². The lowest BCUT2D eigenvalue weighted by atomic mass is 10.0. The first-order valence-electron chi connectivity index (χ1n) is 5.39. The van der Waals surface area contributed by atoms with Gasteiger partial charge in [0, 0.05) is 12.7 Å². The van der Waals surface area contributed by atoms with Crippen LogP contribution in [0.3, 0.4) is 0 Å². The first-order chi connectivity index (χ1) is 8.19. The zero-order valence-corrected chi connectivity index (χ0v) is 11.0. The lowest BCUT2D eigenvalue weighted by Crippen LogP contribution is -1.91. The van der Waals surface area contributed by atoms with Gasteiger partial charge in [0.25, 0.3) is 0 Å². The fourth-order valence-electron chi connectivity index (χ4n) is 1.67. The standard InChI is InChI=1S/C14H13Cl2N/c1-17-12-5-2-10(3-6-12)8-11-4-7-13(15)14(16)9-11/h2-7,9,17H,8H2,1H3. The Hall–Kier alpha value is -1.18. The highest BCUT2D eigenvalue weighted by Crippen LogP contribution is 2.24. The van der Waals surface area contributed by atoms with Gasteiger partial charge in [-0.1, -0.05) is 41.4 Å². The van der Waals surface area contributed by atoms with Crippen LogP contribution in [0.15, 0.2) is 42.5 Å². The van der Waals surface area contributed by atoms with E-state index in [1.807, 2.05) is 25.2 Å². The number of hydrogen-bond donors (Lipinski definition) is 1. The third-order valence-corrected chi connectivity index (χ3v) is 3.37. The molecule has 0 aliphatic rings. The molecule has 2 aromatic rings. The summed E-state index contributed by atoms with van der Waals surface area (Å²) in [4.78, 5) is 0. The Morgan fingerprint density at radius 3 is 2.12 bits per heavy atom. The molecule has 1 nitrogen and oxygen atoms in total. The fourth-order valence-corrected chi connectivity index (χ4v) is 2.00. The molecule has 1 N–H and O–H groups in total. The van der Waals surface area contributed by atoms with Crippen LogP contribution < -0.4 is 5.32 Å². The average molecular weight is 266 g/mol. The van der Waals surface area contributed by atoms with Crippen molar-refractivity contribution in [2.45, 2.75) is 6.42 Å². The van der Waals surface area contributed by atoms with Crippen molar-refractivity contribution in [3.05, 3.63) is 63.6 Å². The van der Waals surface area contributed by atoms with Crippen LogP contribution in [0.25, 0.3) is 0 Å². The second-order valence-corrected chi connectivity index (χ2v) is 4.69. The molecule has 17 heavy (non-hydrogen) atoms. The van der Waals surface area contributed by atoms with Gasteiger partial charge in [-0.15, -0.1) is 0 Å². The summed E-state index contributed by atoms with van der Waals surface area (Å²) in [5, 5.41) is 4.30. The molecule has 0 aromatic heterocycles. The van der Waals surface area contributed by atoms with Gasteiger partial charge in [0.15, 0.2) is 0 Å². The molecule has 0 radical (unpaired) electrons. The lowest BCUT2D eigenvalue weighted by Gasteiger charge is -2.05. The Kier molecular flexibility index (Phi) is 3.93. The van der Waals surface area contributed by atoms with Crippen molar-refractivity contribution in [1.29, 1.82) is 0 Å². The minimum absolute atomic E-state index is 0.598. The zero-order valence-electron chi connectivity index (χ0n) is 9.50. The highest BCUT2D eigenvalue weighted by atomic mass is 35.5. The molecule has 0 saturated heterocycles. The number of nitrogens with one attached hydrogen (secondary N) is 1. The van der Waals surface area contributed by atoms with Crippen molar-refractivity contribution in [3.63, 3.8) is 0 Å². The summed E-state index contributed by atoms with van der Waals surface area (Å²) >= 11 is 11.9. The molecule has 3 heteroatoms. The van der Waals surface area contributed by atoms with Crippen LogP contribution in [0.1, 0.15) is 11.1 Å². The molecule has 0 aliphatic carbocycles. The van der Waals surface area contributed by atoms with Crippen molar-refractivity contribution in [2.24, 2.45) is 0 Å². The van der Waals surface area contributed by atoms with Crippen molar-refractivity contribution in [2.75, 3.05) is 12.4 Å². The maximum absolute atomic E-state index is 5.99. The molecule has 2 rings (SSSR count). The molecule has 0 heterocycles. The number of halogens is 2. The van der Waals surface area contributed by atoms with Crippen LogP contribution in [-0.2, 0) is 6.42 Å². The van der Waals surface area contributed by atoms with Gasteiger partial charge in [0.2, 0.25) is 0 Å². The topological polar surface area (TPSA) is 12.0 Å². The molecule has 0 aliphatic heterocycles. The summed E-state index contributed by atoms with van der Waals surface area (Å²) in [6.45, 7) is 0. The maximum atomic E-state index is 5.99. The summed E-state index contributed by atoms with van der Waals surface area (Å²) in [7, 11) is 1.91.